The van der Waals surface area contributed by atoms with Crippen molar-refractivity contribution in [3.05, 3.63) is 23.9 Å². The van der Waals surface area contributed by atoms with Gasteiger partial charge in [0.15, 0.2) is 0 Å². The number of ether oxygens (including phenoxy) is 1. The number of nitrogens with one attached hydrogen (secondary N) is 1. The summed E-state index contributed by atoms with van der Waals surface area (Å²) in [6.07, 6.45) is 2.59. The second-order valence-electron chi connectivity index (χ2n) is 6.20. The van der Waals surface area contributed by atoms with Crippen LogP contribution in [0.3, 0.4) is 0 Å². The standard InChI is InChI=1S/C16H23N3O2/c1-6-8-19-9-7-12-11(2)10-13(17-14(12)19)18-15(20)21-16(3,4)5/h7,9-10H,6,8H2,1-5H3,(H,17,18,20). The highest BCUT2D eigenvalue weighted by Crippen LogP contribution is 2.22. The Morgan fingerprint density at radius 3 is 2.76 bits per heavy atom. The summed E-state index contributed by atoms with van der Waals surface area (Å²) in [6.45, 7) is 10.6. The number of carbonyl (C=O) groups excluding carboxylic acids is 1. The topological polar surface area (TPSA) is 56.2 Å². The number of amides is 1. The van der Waals surface area contributed by atoms with Crippen molar-refractivity contribution >= 4 is 22.9 Å². The summed E-state index contributed by atoms with van der Waals surface area (Å²) in [5.74, 6) is 0.519. The number of aromatic nitrogens is 2. The van der Waals surface area contributed by atoms with Gasteiger partial charge in [-0.1, -0.05) is 6.92 Å². The quantitative estimate of drug-likeness (QED) is 0.925. The number of hydrogen-bond acceptors (Lipinski definition) is 3. The minimum absolute atomic E-state index is 0.484. The maximum Gasteiger partial charge on any atom is 0.413 e. The number of rotatable bonds is 3. The zero-order valence-corrected chi connectivity index (χ0v) is 13.4. The number of aryl methyl sites for hydroxylation is 2. The van der Waals surface area contributed by atoms with Gasteiger partial charge >= 0.3 is 6.09 Å². The van der Waals surface area contributed by atoms with E-state index >= 15 is 0 Å². The van der Waals surface area contributed by atoms with Gasteiger partial charge in [-0.15, -0.1) is 0 Å². The van der Waals surface area contributed by atoms with E-state index in [0.717, 1.165) is 29.6 Å². The van der Waals surface area contributed by atoms with E-state index in [1.807, 2.05) is 40.0 Å². The first-order chi connectivity index (χ1) is 9.80. The van der Waals surface area contributed by atoms with Crippen LogP contribution in [0.15, 0.2) is 18.3 Å². The molecule has 0 aliphatic carbocycles. The van der Waals surface area contributed by atoms with Crippen LogP contribution in [0.25, 0.3) is 11.0 Å². The van der Waals surface area contributed by atoms with Gasteiger partial charge in [0.05, 0.1) is 0 Å². The molecule has 0 fully saturated rings. The molecule has 0 saturated heterocycles. The molecule has 2 aromatic rings. The SMILES string of the molecule is CCCn1ccc2c(C)cc(NC(=O)OC(C)(C)C)nc21. The maximum atomic E-state index is 11.8. The zero-order chi connectivity index (χ0) is 15.6. The lowest BCUT2D eigenvalue weighted by atomic mass is 10.2. The van der Waals surface area contributed by atoms with E-state index in [4.69, 9.17) is 4.74 Å². The molecule has 21 heavy (non-hydrogen) atoms. The van der Waals surface area contributed by atoms with Crippen molar-refractivity contribution in [1.29, 1.82) is 0 Å². The number of pyridine rings is 1. The Labute approximate surface area is 125 Å². The van der Waals surface area contributed by atoms with Crippen molar-refractivity contribution in [2.24, 2.45) is 0 Å². The van der Waals surface area contributed by atoms with Crippen LogP contribution in [-0.2, 0) is 11.3 Å². The average Bonchev–Trinajstić information content (AvgIpc) is 2.71. The summed E-state index contributed by atoms with van der Waals surface area (Å²) in [7, 11) is 0. The fourth-order valence-corrected chi connectivity index (χ4v) is 2.22. The first-order valence-electron chi connectivity index (χ1n) is 7.26. The Bertz CT molecular complexity index is 653. The van der Waals surface area contributed by atoms with Crippen molar-refractivity contribution in [1.82, 2.24) is 9.55 Å². The average molecular weight is 289 g/mol. The normalized spacial score (nSPS) is 11.7. The van der Waals surface area contributed by atoms with Crippen LogP contribution in [-0.4, -0.2) is 21.2 Å². The molecule has 0 atom stereocenters. The lowest BCUT2D eigenvalue weighted by molar-refractivity contribution is 0.0635. The van der Waals surface area contributed by atoms with Gasteiger partial charge in [0, 0.05) is 18.1 Å². The number of hydrogen-bond donors (Lipinski definition) is 1. The smallest absolute Gasteiger partial charge is 0.413 e. The lowest BCUT2D eigenvalue weighted by Crippen LogP contribution is -2.27. The Hall–Kier alpha value is -2.04. The highest BCUT2D eigenvalue weighted by atomic mass is 16.6. The molecular formula is C16H23N3O2. The van der Waals surface area contributed by atoms with Gasteiger partial charge in [-0.2, -0.15) is 0 Å². The molecule has 2 rings (SSSR count). The Kier molecular flexibility index (Phi) is 4.21. The van der Waals surface area contributed by atoms with Gasteiger partial charge in [0.25, 0.3) is 0 Å². The molecule has 0 unspecified atom stereocenters. The molecule has 5 nitrogen and oxygen atoms in total. The summed E-state index contributed by atoms with van der Waals surface area (Å²) in [6, 6.07) is 3.92. The second kappa shape index (κ2) is 5.76. The number of anilines is 1. The summed E-state index contributed by atoms with van der Waals surface area (Å²) < 4.78 is 7.36. The van der Waals surface area contributed by atoms with E-state index in [1.165, 1.54) is 0 Å². The summed E-state index contributed by atoms with van der Waals surface area (Å²) >= 11 is 0. The molecule has 0 aromatic carbocycles. The Morgan fingerprint density at radius 2 is 2.14 bits per heavy atom. The molecule has 0 aliphatic heterocycles. The third-order valence-electron chi connectivity index (χ3n) is 3.03. The number of nitrogens with zero attached hydrogens (tertiary/aromatic N) is 2. The van der Waals surface area contributed by atoms with Crippen LogP contribution in [0.5, 0.6) is 0 Å². The minimum Gasteiger partial charge on any atom is -0.444 e. The molecule has 2 heterocycles. The van der Waals surface area contributed by atoms with Crippen molar-refractivity contribution in [2.75, 3.05) is 5.32 Å². The van der Waals surface area contributed by atoms with Gasteiger partial charge in [-0.05, 0) is 51.8 Å². The fourth-order valence-electron chi connectivity index (χ4n) is 2.22. The number of fused-ring (bicyclic) bond motifs is 1. The highest BCUT2D eigenvalue weighted by molar-refractivity contribution is 5.88. The molecule has 0 aliphatic rings. The van der Waals surface area contributed by atoms with Gasteiger partial charge in [-0.3, -0.25) is 5.32 Å². The van der Waals surface area contributed by atoms with Crippen LogP contribution < -0.4 is 5.32 Å². The third kappa shape index (κ3) is 3.74. The summed E-state index contributed by atoms with van der Waals surface area (Å²) in [5.41, 5.74) is 1.45. The molecule has 0 radical (unpaired) electrons. The molecule has 2 aromatic heterocycles. The van der Waals surface area contributed by atoms with E-state index in [-0.39, 0.29) is 0 Å². The molecule has 1 amide bonds. The summed E-state index contributed by atoms with van der Waals surface area (Å²) in [5, 5.41) is 3.81. The number of carbonyl (C=O) groups is 1. The zero-order valence-electron chi connectivity index (χ0n) is 13.4. The van der Waals surface area contributed by atoms with Crippen LogP contribution in [0.4, 0.5) is 10.6 Å². The molecule has 5 heteroatoms. The first kappa shape index (κ1) is 15.4. The van der Waals surface area contributed by atoms with Gasteiger partial charge in [0.2, 0.25) is 0 Å². The Morgan fingerprint density at radius 1 is 1.43 bits per heavy atom. The largest absolute Gasteiger partial charge is 0.444 e. The molecular weight excluding hydrogens is 266 g/mol. The predicted molar refractivity (Wildman–Crippen MR) is 84.6 cm³/mol. The van der Waals surface area contributed by atoms with Crippen LogP contribution in [0.1, 0.15) is 39.7 Å². The van der Waals surface area contributed by atoms with Crippen molar-refractivity contribution in [2.45, 2.75) is 53.2 Å². The van der Waals surface area contributed by atoms with Crippen molar-refractivity contribution in [3.8, 4) is 0 Å². The van der Waals surface area contributed by atoms with E-state index in [0.29, 0.717) is 5.82 Å². The molecule has 0 bridgehead atoms. The highest BCUT2D eigenvalue weighted by Gasteiger charge is 2.17. The van der Waals surface area contributed by atoms with E-state index in [2.05, 4.69) is 27.9 Å². The lowest BCUT2D eigenvalue weighted by Gasteiger charge is -2.19. The van der Waals surface area contributed by atoms with E-state index in [9.17, 15) is 4.79 Å². The monoisotopic (exact) mass is 289 g/mol. The Balaban J connectivity index is 2.28. The van der Waals surface area contributed by atoms with Crippen LogP contribution in [0, 0.1) is 6.92 Å². The van der Waals surface area contributed by atoms with Gasteiger partial charge in [0.1, 0.15) is 17.1 Å². The predicted octanol–water partition coefficient (Wildman–Crippen LogP) is 4.10. The first-order valence-corrected chi connectivity index (χ1v) is 7.26. The van der Waals surface area contributed by atoms with Crippen LogP contribution >= 0.6 is 0 Å². The van der Waals surface area contributed by atoms with Gasteiger partial charge < -0.3 is 9.30 Å². The minimum atomic E-state index is -0.522. The van der Waals surface area contributed by atoms with E-state index < -0.39 is 11.7 Å². The van der Waals surface area contributed by atoms with Crippen LogP contribution in [0.2, 0.25) is 0 Å². The second-order valence-corrected chi connectivity index (χ2v) is 6.20. The maximum absolute atomic E-state index is 11.8. The van der Waals surface area contributed by atoms with Crippen molar-refractivity contribution < 1.29 is 9.53 Å². The molecule has 0 spiro atoms. The van der Waals surface area contributed by atoms with Gasteiger partial charge in [-0.25, -0.2) is 9.78 Å². The van der Waals surface area contributed by atoms with Crippen molar-refractivity contribution in [3.63, 3.8) is 0 Å². The third-order valence-corrected chi connectivity index (χ3v) is 3.03. The molecule has 0 saturated carbocycles. The van der Waals surface area contributed by atoms with E-state index in [1.54, 1.807) is 0 Å². The summed E-state index contributed by atoms with van der Waals surface area (Å²) in [4.78, 5) is 16.4. The molecule has 114 valence electrons. The molecule has 1 N–H and O–H groups in total. The fraction of sp³-hybridized carbons (Fsp3) is 0.500.